The lowest BCUT2D eigenvalue weighted by atomic mass is 10.2. The van der Waals surface area contributed by atoms with Gasteiger partial charge in [0.15, 0.2) is 0 Å². The predicted molar refractivity (Wildman–Crippen MR) is 69.3 cm³/mol. The Morgan fingerprint density at radius 2 is 2.05 bits per heavy atom. The first-order valence-corrected chi connectivity index (χ1v) is 6.23. The largest absolute Gasteiger partial charge is 0.416 e. The highest BCUT2D eigenvalue weighted by Crippen LogP contribution is 2.31. The van der Waals surface area contributed by atoms with Gasteiger partial charge in [0.2, 0.25) is 0 Å². The summed E-state index contributed by atoms with van der Waals surface area (Å²) in [5, 5.41) is 4.27. The number of halogens is 3. The normalized spacial score (nSPS) is 11.4. The van der Waals surface area contributed by atoms with Crippen molar-refractivity contribution in [3.05, 3.63) is 38.4 Å². The molecule has 6 nitrogen and oxygen atoms in total. The lowest BCUT2D eigenvalue weighted by Gasteiger charge is -2.12. The fraction of sp³-hybridized carbons (Fsp3) is 0.200. The summed E-state index contributed by atoms with van der Waals surface area (Å²) in [6.07, 6.45) is -4.50. The molecule has 20 heavy (non-hydrogen) atoms. The number of H-pyrrole nitrogens is 1. The molecule has 0 aliphatic carbocycles. The van der Waals surface area contributed by atoms with Crippen molar-refractivity contribution >= 4 is 23.0 Å². The van der Waals surface area contributed by atoms with Crippen LogP contribution in [0.15, 0.2) is 22.3 Å². The summed E-state index contributed by atoms with van der Waals surface area (Å²) in [4.78, 5) is 17.1. The van der Waals surface area contributed by atoms with Crippen molar-refractivity contribution in [2.24, 2.45) is 5.84 Å². The molecule has 2 rings (SSSR count). The molecule has 2 aromatic rings. The van der Waals surface area contributed by atoms with Crippen molar-refractivity contribution in [2.45, 2.75) is 12.7 Å². The number of hydrogen-bond acceptors (Lipinski definition) is 6. The standard InChI is InChI=1S/C10H10F3N5OS/c11-10(12,13)5-1-7(17-8(2-5)18-14)15-3-6-4-20-9(19)16-6/h1-2,4H,3,14H2,(H,16,19)(H2,15,17,18). The highest BCUT2D eigenvalue weighted by molar-refractivity contribution is 7.07. The number of thiazole rings is 1. The molecule has 108 valence electrons. The first-order chi connectivity index (χ1) is 9.38. The number of anilines is 2. The third kappa shape index (κ3) is 3.48. The van der Waals surface area contributed by atoms with Gasteiger partial charge in [-0.15, -0.1) is 0 Å². The van der Waals surface area contributed by atoms with Gasteiger partial charge in [0, 0.05) is 11.1 Å². The van der Waals surface area contributed by atoms with Crippen LogP contribution in [0.2, 0.25) is 0 Å². The monoisotopic (exact) mass is 305 g/mol. The summed E-state index contributed by atoms with van der Waals surface area (Å²) in [5.74, 6) is 4.98. The first-order valence-electron chi connectivity index (χ1n) is 5.35. The minimum atomic E-state index is -4.50. The van der Waals surface area contributed by atoms with Gasteiger partial charge in [-0.3, -0.25) is 4.79 Å². The molecule has 5 N–H and O–H groups in total. The second-order valence-corrected chi connectivity index (χ2v) is 4.64. The number of aromatic nitrogens is 2. The summed E-state index contributed by atoms with van der Waals surface area (Å²) >= 11 is 0.971. The van der Waals surface area contributed by atoms with Gasteiger partial charge in [-0.25, -0.2) is 10.8 Å². The summed E-state index contributed by atoms with van der Waals surface area (Å²) in [6, 6.07) is 1.67. The van der Waals surface area contributed by atoms with Gasteiger partial charge in [-0.05, 0) is 12.1 Å². The van der Waals surface area contributed by atoms with Crippen molar-refractivity contribution in [1.82, 2.24) is 9.97 Å². The van der Waals surface area contributed by atoms with E-state index in [0.29, 0.717) is 5.69 Å². The van der Waals surface area contributed by atoms with Crippen molar-refractivity contribution in [3.8, 4) is 0 Å². The number of aromatic amines is 1. The Kier molecular flexibility index (Phi) is 3.95. The maximum Gasteiger partial charge on any atom is 0.416 e. The predicted octanol–water partition coefficient (Wildman–Crippen LogP) is 1.75. The van der Waals surface area contributed by atoms with Gasteiger partial charge in [0.25, 0.3) is 0 Å². The van der Waals surface area contributed by atoms with Crippen LogP contribution in [0.4, 0.5) is 24.8 Å². The zero-order valence-electron chi connectivity index (χ0n) is 9.91. The average molecular weight is 305 g/mol. The Morgan fingerprint density at radius 1 is 1.35 bits per heavy atom. The molecular formula is C10H10F3N5OS. The third-order valence-corrected chi connectivity index (χ3v) is 3.05. The van der Waals surface area contributed by atoms with Gasteiger partial charge in [0.05, 0.1) is 12.1 Å². The van der Waals surface area contributed by atoms with E-state index in [1.165, 1.54) is 0 Å². The van der Waals surface area contributed by atoms with Crippen LogP contribution in [0.3, 0.4) is 0 Å². The van der Waals surface area contributed by atoms with E-state index < -0.39 is 11.7 Å². The average Bonchev–Trinajstić information content (AvgIpc) is 2.81. The minimum absolute atomic E-state index is 0.000163. The summed E-state index contributed by atoms with van der Waals surface area (Å²) in [7, 11) is 0. The number of rotatable bonds is 4. The molecule has 0 saturated carbocycles. The number of pyridine rings is 1. The molecule has 2 aromatic heterocycles. The molecule has 10 heteroatoms. The van der Waals surface area contributed by atoms with Crippen molar-refractivity contribution in [3.63, 3.8) is 0 Å². The number of nitrogen functional groups attached to an aromatic ring is 1. The molecule has 2 heterocycles. The second-order valence-electron chi connectivity index (χ2n) is 3.80. The SMILES string of the molecule is NNc1cc(C(F)(F)F)cc(NCc2csc(=O)[nH]2)n1. The summed E-state index contributed by atoms with van der Waals surface area (Å²) in [6.45, 7) is 0.150. The molecule has 0 saturated heterocycles. The Labute approximate surface area is 114 Å². The number of nitrogens with zero attached hydrogens (tertiary/aromatic N) is 1. The maximum atomic E-state index is 12.7. The van der Waals surface area contributed by atoms with Crippen LogP contribution >= 0.6 is 11.3 Å². The molecule has 0 unspecified atom stereocenters. The first kappa shape index (κ1) is 14.3. The lowest BCUT2D eigenvalue weighted by Crippen LogP contribution is -2.14. The number of hydrazine groups is 1. The fourth-order valence-electron chi connectivity index (χ4n) is 1.45. The van der Waals surface area contributed by atoms with Gasteiger partial charge in [0.1, 0.15) is 11.6 Å². The summed E-state index contributed by atoms with van der Waals surface area (Å²) < 4.78 is 38.0. The van der Waals surface area contributed by atoms with Crippen LogP contribution in [0.25, 0.3) is 0 Å². The maximum absolute atomic E-state index is 12.7. The van der Waals surface area contributed by atoms with Crippen LogP contribution < -0.4 is 21.5 Å². The zero-order chi connectivity index (χ0) is 14.8. The van der Waals surface area contributed by atoms with E-state index in [1.54, 1.807) is 5.38 Å². The smallest absolute Gasteiger partial charge is 0.364 e. The van der Waals surface area contributed by atoms with Crippen LogP contribution in [0.1, 0.15) is 11.3 Å². The van der Waals surface area contributed by atoms with Gasteiger partial charge >= 0.3 is 11.0 Å². The van der Waals surface area contributed by atoms with E-state index >= 15 is 0 Å². The molecule has 0 amide bonds. The number of hydrogen-bond donors (Lipinski definition) is 4. The van der Waals surface area contributed by atoms with E-state index in [1.807, 2.05) is 0 Å². The Hall–Kier alpha value is -2.07. The van der Waals surface area contributed by atoms with Crippen molar-refractivity contribution < 1.29 is 13.2 Å². The van der Waals surface area contributed by atoms with Crippen LogP contribution in [-0.4, -0.2) is 9.97 Å². The molecule has 0 radical (unpaired) electrons. The molecule has 0 bridgehead atoms. The molecule has 0 atom stereocenters. The van der Waals surface area contributed by atoms with Crippen molar-refractivity contribution in [1.29, 1.82) is 0 Å². The van der Waals surface area contributed by atoms with E-state index in [9.17, 15) is 18.0 Å². The number of nitrogens with two attached hydrogens (primary N) is 1. The third-order valence-electron chi connectivity index (χ3n) is 2.33. The highest BCUT2D eigenvalue weighted by atomic mass is 32.1. The van der Waals surface area contributed by atoms with Gasteiger partial charge < -0.3 is 15.7 Å². The molecular weight excluding hydrogens is 295 g/mol. The van der Waals surface area contributed by atoms with Crippen molar-refractivity contribution in [2.75, 3.05) is 10.7 Å². The summed E-state index contributed by atoms with van der Waals surface area (Å²) in [5.41, 5.74) is 1.76. The molecule has 0 spiro atoms. The van der Waals surface area contributed by atoms with Gasteiger partial charge in [-0.1, -0.05) is 11.3 Å². The van der Waals surface area contributed by atoms with E-state index in [4.69, 9.17) is 5.84 Å². The fourth-order valence-corrected chi connectivity index (χ4v) is 2.03. The molecule has 0 aliphatic heterocycles. The van der Waals surface area contributed by atoms with E-state index in [2.05, 4.69) is 20.7 Å². The Balaban J connectivity index is 2.20. The highest BCUT2D eigenvalue weighted by Gasteiger charge is 2.31. The zero-order valence-corrected chi connectivity index (χ0v) is 10.7. The number of alkyl halides is 3. The minimum Gasteiger partial charge on any atom is -0.364 e. The molecule has 0 aromatic carbocycles. The quantitative estimate of drug-likeness (QED) is 0.510. The molecule has 0 aliphatic rings. The van der Waals surface area contributed by atoms with Crippen LogP contribution in [0, 0.1) is 0 Å². The van der Waals surface area contributed by atoms with E-state index in [-0.39, 0.29) is 23.1 Å². The lowest BCUT2D eigenvalue weighted by molar-refractivity contribution is -0.137. The van der Waals surface area contributed by atoms with E-state index in [0.717, 1.165) is 23.5 Å². The van der Waals surface area contributed by atoms with Crippen LogP contribution in [0.5, 0.6) is 0 Å². The molecule has 0 fully saturated rings. The van der Waals surface area contributed by atoms with Crippen LogP contribution in [-0.2, 0) is 12.7 Å². The Morgan fingerprint density at radius 3 is 2.60 bits per heavy atom. The second kappa shape index (κ2) is 5.51. The van der Waals surface area contributed by atoms with Gasteiger partial charge in [-0.2, -0.15) is 13.2 Å². The topological polar surface area (TPSA) is 95.8 Å². The number of nitrogens with one attached hydrogen (secondary N) is 3. The Bertz CT molecular complexity index is 651.